The zero-order chi connectivity index (χ0) is 15.6. The molecule has 1 aliphatic rings. The highest BCUT2D eigenvalue weighted by molar-refractivity contribution is 7.98. The average Bonchev–Trinajstić information content (AvgIpc) is 2.59. The summed E-state index contributed by atoms with van der Waals surface area (Å²) in [7, 11) is 0. The molecule has 2 rings (SSSR count). The molecule has 0 radical (unpaired) electrons. The molecule has 1 amide bonds. The van der Waals surface area contributed by atoms with Gasteiger partial charge in [0.15, 0.2) is 5.16 Å². The zero-order valence-electron chi connectivity index (χ0n) is 12.8. The molecule has 1 aromatic rings. The summed E-state index contributed by atoms with van der Waals surface area (Å²) in [6, 6.07) is 0. The topological polar surface area (TPSA) is 75.6 Å². The highest BCUT2D eigenvalue weighted by Crippen LogP contribution is 2.27. The van der Waals surface area contributed by atoms with Gasteiger partial charge in [-0.3, -0.25) is 0 Å². The van der Waals surface area contributed by atoms with Crippen LogP contribution in [-0.4, -0.2) is 44.5 Å². The fraction of sp³-hybridized carbons (Fsp3) is 0.643. The van der Waals surface area contributed by atoms with Crippen molar-refractivity contribution in [3.8, 4) is 5.88 Å². The number of ether oxygens (including phenoxy) is 1. The number of amides is 1. The van der Waals surface area contributed by atoms with Crippen molar-refractivity contribution in [2.45, 2.75) is 50.9 Å². The quantitative estimate of drug-likeness (QED) is 0.634. The molecule has 0 fully saturated rings. The van der Waals surface area contributed by atoms with Gasteiger partial charge >= 0.3 is 6.09 Å². The number of fused-ring (bicyclic) bond motifs is 1. The van der Waals surface area contributed by atoms with Crippen LogP contribution in [0.1, 0.15) is 38.4 Å². The molecule has 0 aliphatic carbocycles. The average molecular weight is 311 g/mol. The zero-order valence-corrected chi connectivity index (χ0v) is 13.7. The number of aromatic nitrogens is 2. The van der Waals surface area contributed by atoms with Crippen LogP contribution >= 0.6 is 11.8 Å². The molecule has 2 heterocycles. The van der Waals surface area contributed by atoms with Crippen LogP contribution in [0, 0.1) is 0 Å². The SMILES string of the molecule is CSc1nc(O)c2c(n1)CCCN(C(=O)OC(C)(C)C)C2. The first-order valence-electron chi connectivity index (χ1n) is 6.91. The predicted molar refractivity (Wildman–Crippen MR) is 80.4 cm³/mol. The molecule has 1 aromatic heterocycles. The molecular formula is C14H21N3O3S. The Bertz CT molecular complexity index is 543. The number of aromatic hydroxyl groups is 1. The van der Waals surface area contributed by atoms with Gasteiger partial charge in [0.2, 0.25) is 5.88 Å². The van der Waals surface area contributed by atoms with Crippen LogP contribution in [0.25, 0.3) is 0 Å². The standard InChI is InChI=1S/C14H21N3O3S/c1-14(2,3)20-13(19)17-7-5-6-10-9(8-17)11(18)16-12(15-10)21-4/h5-8H2,1-4H3,(H,15,16,18). The lowest BCUT2D eigenvalue weighted by atomic mass is 10.1. The van der Waals surface area contributed by atoms with Crippen LogP contribution in [0.5, 0.6) is 5.88 Å². The molecule has 0 bridgehead atoms. The Morgan fingerprint density at radius 2 is 2.10 bits per heavy atom. The Balaban J connectivity index is 2.23. The molecule has 0 atom stereocenters. The fourth-order valence-electron chi connectivity index (χ4n) is 2.14. The second kappa shape index (κ2) is 6.09. The van der Waals surface area contributed by atoms with Crippen molar-refractivity contribution in [1.82, 2.24) is 14.9 Å². The number of thioether (sulfide) groups is 1. The molecule has 0 spiro atoms. The minimum atomic E-state index is -0.534. The van der Waals surface area contributed by atoms with E-state index in [4.69, 9.17) is 4.74 Å². The van der Waals surface area contributed by atoms with Gasteiger partial charge in [-0.05, 0) is 39.9 Å². The summed E-state index contributed by atoms with van der Waals surface area (Å²) < 4.78 is 5.39. The molecular weight excluding hydrogens is 290 g/mol. The lowest BCUT2D eigenvalue weighted by Gasteiger charge is -2.26. The van der Waals surface area contributed by atoms with Crippen LogP contribution in [0.4, 0.5) is 4.79 Å². The van der Waals surface area contributed by atoms with Gasteiger partial charge in [-0.15, -0.1) is 0 Å². The Morgan fingerprint density at radius 1 is 1.38 bits per heavy atom. The highest BCUT2D eigenvalue weighted by Gasteiger charge is 2.27. The van der Waals surface area contributed by atoms with Gasteiger partial charge in [-0.2, -0.15) is 4.98 Å². The summed E-state index contributed by atoms with van der Waals surface area (Å²) in [6.07, 6.45) is 3.00. The van der Waals surface area contributed by atoms with Crippen molar-refractivity contribution in [3.63, 3.8) is 0 Å². The van der Waals surface area contributed by atoms with Crippen molar-refractivity contribution in [3.05, 3.63) is 11.3 Å². The summed E-state index contributed by atoms with van der Waals surface area (Å²) in [5, 5.41) is 10.6. The normalized spacial score (nSPS) is 15.3. The summed E-state index contributed by atoms with van der Waals surface area (Å²) in [6.45, 7) is 6.37. The van der Waals surface area contributed by atoms with E-state index in [1.807, 2.05) is 27.0 Å². The molecule has 21 heavy (non-hydrogen) atoms. The molecule has 7 heteroatoms. The van der Waals surface area contributed by atoms with Crippen molar-refractivity contribution in [2.75, 3.05) is 12.8 Å². The summed E-state index contributed by atoms with van der Waals surface area (Å²) in [4.78, 5) is 22.3. The first kappa shape index (κ1) is 15.9. The first-order valence-corrected chi connectivity index (χ1v) is 8.13. The molecule has 0 saturated heterocycles. The molecule has 116 valence electrons. The van der Waals surface area contributed by atoms with Gasteiger partial charge in [0.1, 0.15) is 5.60 Å². The van der Waals surface area contributed by atoms with Crippen LogP contribution in [0.3, 0.4) is 0 Å². The van der Waals surface area contributed by atoms with Crippen LogP contribution < -0.4 is 0 Å². The summed E-state index contributed by atoms with van der Waals surface area (Å²) in [5.74, 6) is -0.0418. The van der Waals surface area contributed by atoms with Gasteiger partial charge < -0.3 is 14.7 Å². The van der Waals surface area contributed by atoms with Gasteiger partial charge in [-0.1, -0.05) is 11.8 Å². The largest absolute Gasteiger partial charge is 0.493 e. The maximum Gasteiger partial charge on any atom is 0.410 e. The number of carbonyl (C=O) groups excluding carboxylic acids is 1. The maximum absolute atomic E-state index is 12.2. The number of nitrogens with zero attached hydrogens (tertiary/aromatic N) is 3. The third-order valence-corrected chi connectivity index (χ3v) is 3.62. The Kier molecular flexibility index (Phi) is 4.61. The monoisotopic (exact) mass is 311 g/mol. The van der Waals surface area contributed by atoms with E-state index in [0.29, 0.717) is 17.3 Å². The van der Waals surface area contributed by atoms with Crippen molar-refractivity contribution in [2.24, 2.45) is 0 Å². The van der Waals surface area contributed by atoms with Crippen molar-refractivity contribution >= 4 is 17.9 Å². The number of aryl methyl sites for hydroxylation is 1. The first-order chi connectivity index (χ1) is 9.80. The van der Waals surface area contributed by atoms with E-state index in [1.54, 1.807) is 4.90 Å². The predicted octanol–water partition coefficient (Wildman–Crippen LogP) is 2.59. The highest BCUT2D eigenvalue weighted by atomic mass is 32.2. The Morgan fingerprint density at radius 3 is 2.71 bits per heavy atom. The van der Waals surface area contributed by atoms with Crippen molar-refractivity contribution in [1.29, 1.82) is 0 Å². The van der Waals surface area contributed by atoms with E-state index in [9.17, 15) is 9.90 Å². The summed E-state index contributed by atoms with van der Waals surface area (Å²) >= 11 is 1.39. The Hall–Kier alpha value is -1.50. The second-order valence-electron chi connectivity index (χ2n) is 5.96. The molecule has 1 N–H and O–H groups in total. The smallest absolute Gasteiger partial charge is 0.410 e. The number of carbonyl (C=O) groups is 1. The van der Waals surface area contributed by atoms with E-state index in [0.717, 1.165) is 18.5 Å². The lowest BCUT2D eigenvalue weighted by molar-refractivity contribution is 0.0236. The number of rotatable bonds is 1. The lowest BCUT2D eigenvalue weighted by Crippen LogP contribution is -2.36. The number of hydrogen-bond donors (Lipinski definition) is 1. The Labute approximate surface area is 128 Å². The molecule has 6 nitrogen and oxygen atoms in total. The van der Waals surface area contributed by atoms with Gasteiger partial charge in [0, 0.05) is 6.54 Å². The molecule has 0 unspecified atom stereocenters. The van der Waals surface area contributed by atoms with E-state index in [-0.39, 0.29) is 18.5 Å². The molecule has 0 aromatic carbocycles. The minimum Gasteiger partial charge on any atom is -0.493 e. The fourth-order valence-corrected chi connectivity index (χ4v) is 2.52. The van der Waals surface area contributed by atoms with Gasteiger partial charge in [0.05, 0.1) is 17.8 Å². The molecule has 1 aliphatic heterocycles. The van der Waals surface area contributed by atoms with E-state index in [2.05, 4.69) is 9.97 Å². The third kappa shape index (κ3) is 4.00. The molecule has 0 saturated carbocycles. The van der Waals surface area contributed by atoms with E-state index in [1.165, 1.54) is 11.8 Å². The third-order valence-electron chi connectivity index (χ3n) is 3.08. The van der Waals surface area contributed by atoms with E-state index < -0.39 is 5.60 Å². The van der Waals surface area contributed by atoms with Crippen LogP contribution in [0.15, 0.2) is 5.16 Å². The maximum atomic E-state index is 12.2. The summed E-state index contributed by atoms with van der Waals surface area (Å²) in [5.41, 5.74) is 0.905. The van der Waals surface area contributed by atoms with Gasteiger partial charge in [-0.25, -0.2) is 9.78 Å². The van der Waals surface area contributed by atoms with E-state index >= 15 is 0 Å². The number of hydrogen-bond acceptors (Lipinski definition) is 6. The second-order valence-corrected chi connectivity index (χ2v) is 6.74. The van der Waals surface area contributed by atoms with Crippen LogP contribution in [-0.2, 0) is 17.7 Å². The van der Waals surface area contributed by atoms with Gasteiger partial charge in [0.25, 0.3) is 0 Å². The minimum absolute atomic E-state index is 0.0418. The van der Waals surface area contributed by atoms with Crippen molar-refractivity contribution < 1.29 is 14.6 Å². The van der Waals surface area contributed by atoms with Crippen LogP contribution in [0.2, 0.25) is 0 Å².